The lowest BCUT2D eigenvalue weighted by Crippen LogP contribution is -2.59. The molecule has 0 spiro atoms. The van der Waals surface area contributed by atoms with Crippen molar-refractivity contribution in [3.05, 3.63) is 130 Å². The Kier molecular flexibility index (Phi) is 12.1. The Morgan fingerprint density at radius 2 is 1.84 bits per heavy atom. The number of hydrogen-bond acceptors (Lipinski definition) is 8. The summed E-state index contributed by atoms with van der Waals surface area (Å²) in [6.07, 6.45) is 6.31. The zero-order valence-electron chi connectivity index (χ0n) is 35.8. The van der Waals surface area contributed by atoms with Crippen molar-refractivity contribution in [3.8, 4) is 16.9 Å². The number of aromatic amines is 1. The number of nitrogens with one attached hydrogen (secondary N) is 2. The lowest BCUT2D eigenvalue weighted by Gasteiger charge is -2.48. The number of carboxylic acid groups (broad SMARTS) is 1. The lowest BCUT2D eigenvalue weighted by atomic mass is 9.82. The molecular formula is C49H57N5O6Si. The van der Waals surface area contributed by atoms with Gasteiger partial charge in [-0.3, -0.25) is 9.69 Å². The number of nitrogens with zero attached hydrogens (tertiary/aromatic N) is 3. The van der Waals surface area contributed by atoms with Crippen LogP contribution in [0.25, 0.3) is 39.2 Å². The van der Waals surface area contributed by atoms with E-state index in [0.29, 0.717) is 43.3 Å². The number of aryl methyl sites for hydroxylation is 1. The van der Waals surface area contributed by atoms with Crippen molar-refractivity contribution < 1.29 is 23.9 Å². The maximum absolute atomic E-state index is 13.0. The van der Waals surface area contributed by atoms with Crippen LogP contribution in [-0.2, 0) is 17.4 Å². The lowest BCUT2D eigenvalue weighted by molar-refractivity contribution is 0.0838. The number of pyridine rings is 1. The van der Waals surface area contributed by atoms with E-state index in [1.807, 2.05) is 54.6 Å². The Hall–Kier alpha value is -5.53. The summed E-state index contributed by atoms with van der Waals surface area (Å²) in [5.74, 6) is 1.04. The molecule has 1 amide bonds. The van der Waals surface area contributed by atoms with Crippen LogP contribution in [-0.4, -0.2) is 71.7 Å². The van der Waals surface area contributed by atoms with Crippen molar-refractivity contribution in [2.75, 3.05) is 31.1 Å². The third kappa shape index (κ3) is 9.23. The molecule has 3 fully saturated rings. The second-order valence-corrected chi connectivity index (χ2v) is 22.9. The van der Waals surface area contributed by atoms with E-state index in [1.165, 1.54) is 6.07 Å². The number of anilines is 1. The molecule has 0 saturated carbocycles. The molecule has 5 heterocycles. The van der Waals surface area contributed by atoms with Crippen LogP contribution < -0.4 is 15.8 Å². The van der Waals surface area contributed by atoms with E-state index in [9.17, 15) is 19.8 Å². The summed E-state index contributed by atoms with van der Waals surface area (Å²) in [5, 5.41) is 25.6. The number of phenolic OH excluding ortho intramolecular Hbond substituents is 1. The smallest absolute Gasteiger partial charge is 0.412 e. The van der Waals surface area contributed by atoms with Crippen LogP contribution in [0.5, 0.6) is 5.75 Å². The van der Waals surface area contributed by atoms with E-state index in [0.717, 1.165) is 82.5 Å². The Labute approximate surface area is 358 Å². The summed E-state index contributed by atoms with van der Waals surface area (Å²) >= 11 is 0. The first-order valence-electron chi connectivity index (χ1n) is 21.5. The van der Waals surface area contributed by atoms with E-state index < -0.39 is 14.4 Å². The predicted octanol–water partition coefficient (Wildman–Crippen LogP) is 10.1. The number of phenols is 1. The van der Waals surface area contributed by atoms with Gasteiger partial charge in [0.15, 0.2) is 19.8 Å². The highest BCUT2D eigenvalue weighted by molar-refractivity contribution is 6.74. The highest BCUT2D eigenvalue weighted by Gasteiger charge is 2.41. The third-order valence-electron chi connectivity index (χ3n) is 13.0. The third-order valence-corrected chi connectivity index (χ3v) is 17.5. The molecule has 3 aliphatic heterocycles. The zero-order chi connectivity index (χ0) is 42.9. The van der Waals surface area contributed by atoms with Gasteiger partial charge in [-0.05, 0) is 109 Å². The van der Waals surface area contributed by atoms with Gasteiger partial charge in [-0.1, -0.05) is 87.5 Å². The average molecular weight is 840 g/mol. The Morgan fingerprint density at radius 3 is 2.56 bits per heavy atom. The molecule has 2 bridgehead atoms. The Morgan fingerprint density at radius 1 is 1.05 bits per heavy atom. The van der Waals surface area contributed by atoms with E-state index >= 15 is 0 Å². The van der Waals surface area contributed by atoms with Gasteiger partial charge in [0, 0.05) is 43.1 Å². The first-order valence-corrected chi connectivity index (χ1v) is 24.4. The van der Waals surface area contributed by atoms with Crippen LogP contribution in [0.4, 0.5) is 10.5 Å². The van der Waals surface area contributed by atoms with Gasteiger partial charge in [-0.25, -0.2) is 9.78 Å². The van der Waals surface area contributed by atoms with Crippen LogP contribution in [0.15, 0.2) is 106 Å². The summed E-state index contributed by atoms with van der Waals surface area (Å²) in [7, 11) is -2.22. The van der Waals surface area contributed by atoms with Crippen molar-refractivity contribution in [1.82, 2.24) is 20.2 Å². The molecule has 11 nitrogen and oxygen atoms in total. The van der Waals surface area contributed by atoms with Crippen LogP contribution in [0.3, 0.4) is 0 Å². The number of fused-ring (bicyclic) bond motifs is 5. The second-order valence-electron chi connectivity index (χ2n) is 18.1. The number of benzene rings is 4. The first-order chi connectivity index (χ1) is 29.2. The number of allylic oxidation sites excluding steroid dienone is 1. The van der Waals surface area contributed by atoms with Crippen LogP contribution in [0, 0.1) is 5.92 Å². The number of rotatable bonds is 14. The molecule has 2 aromatic heterocycles. The van der Waals surface area contributed by atoms with Gasteiger partial charge in [-0.2, -0.15) is 0 Å². The fourth-order valence-corrected chi connectivity index (χ4v) is 9.94. The molecule has 4 aromatic carbocycles. The van der Waals surface area contributed by atoms with Crippen molar-refractivity contribution in [1.29, 1.82) is 0 Å². The van der Waals surface area contributed by atoms with Crippen molar-refractivity contribution in [3.63, 3.8) is 0 Å². The zero-order valence-corrected chi connectivity index (χ0v) is 36.8. The first kappa shape index (κ1) is 42.2. The molecule has 9 rings (SSSR count). The van der Waals surface area contributed by atoms with E-state index in [-0.39, 0.29) is 28.5 Å². The molecule has 0 radical (unpaired) electrons. The summed E-state index contributed by atoms with van der Waals surface area (Å²) in [6, 6.07) is 28.9. The molecule has 61 heavy (non-hydrogen) atoms. The molecule has 318 valence electrons. The predicted molar refractivity (Wildman–Crippen MR) is 246 cm³/mol. The molecule has 3 aliphatic rings. The molecule has 0 unspecified atom stereocenters. The minimum Gasteiger partial charge on any atom is -0.506 e. The fraction of sp³-hybridized carbons (Fsp3) is 0.367. The minimum absolute atomic E-state index is 0.0218. The maximum atomic E-state index is 13.0. The minimum atomic E-state index is -2.22. The van der Waals surface area contributed by atoms with E-state index in [4.69, 9.17) is 13.8 Å². The molecular weight excluding hydrogens is 783 g/mol. The Balaban J connectivity index is 0.946. The van der Waals surface area contributed by atoms with Gasteiger partial charge < -0.3 is 34.3 Å². The van der Waals surface area contributed by atoms with Crippen LogP contribution in [0.2, 0.25) is 18.1 Å². The van der Waals surface area contributed by atoms with Crippen LogP contribution >= 0.6 is 0 Å². The van der Waals surface area contributed by atoms with E-state index in [1.54, 1.807) is 17.0 Å². The Bertz CT molecular complexity index is 2610. The normalized spacial score (nSPS) is 18.6. The number of aromatic nitrogens is 2. The number of H-pyrrole nitrogens is 1. The molecule has 3 saturated heterocycles. The highest BCUT2D eigenvalue weighted by Crippen LogP contribution is 2.42. The van der Waals surface area contributed by atoms with Gasteiger partial charge in [0.2, 0.25) is 5.56 Å². The molecule has 12 heteroatoms. The van der Waals surface area contributed by atoms with Crippen LogP contribution in [0.1, 0.15) is 68.7 Å². The van der Waals surface area contributed by atoms with Crippen molar-refractivity contribution in [2.24, 2.45) is 5.92 Å². The summed E-state index contributed by atoms with van der Waals surface area (Å²) in [6.45, 7) is 15.0. The maximum Gasteiger partial charge on any atom is 0.412 e. The number of piperidine rings is 3. The summed E-state index contributed by atoms with van der Waals surface area (Å²) in [5.41, 5.74) is 7.22. The number of aromatic hydroxyl groups is 1. The number of carbonyl (C=O) groups is 1. The largest absolute Gasteiger partial charge is 0.506 e. The number of amides is 1. The monoisotopic (exact) mass is 839 g/mol. The van der Waals surface area contributed by atoms with Gasteiger partial charge in [-0.15, -0.1) is 0 Å². The SMILES string of the molecule is CC(C)(C)[Si](C)(C)O[C@@H](CNCc1ccc2oc(CCC=Cc3ccc(-c4ccccc4)c(N(C(=O)O)[C@H]4CN5CCC4CC5)c3)nc2c1)c1ccc(O)c2[nH]c(=O)ccc12. The fourth-order valence-electron chi connectivity index (χ4n) is 8.66. The van der Waals surface area contributed by atoms with Gasteiger partial charge >= 0.3 is 6.09 Å². The van der Waals surface area contributed by atoms with E-state index in [2.05, 4.69) is 79.4 Å². The molecule has 4 N–H and O–H groups in total. The molecule has 0 aliphatic carbocycles. The number of hydrogen-bond donors (Lipinski definition) is 4. The van der Waals surface area contributed by atoms with Gasteiger partial charge in [0.1, 0.15) is 11.3 Å². The summed E-state index contributed by atoms with van der Waals surface area (Å²) < 4.78 is 13.1. The second kappa shape index (κ2) is 17.4. The molecule has 6 aromatic rings. The number of oxazole rings is 1. The highest BCUT2D eigenvalue weighted by atomic mass is 28.4. The quantitative estimate of drug-likeness (QED) is 0.0788. The average Bonchev–Trinajstić information content (AvgIpc) is 3.65. The summed E-state index contributed by atoms with van der Waals surface area (Å²) in [4.78, 5) is 36.8. The van der Waals surface area contributed by atoms with Gasteiger partial charge in [0.25, 0.3) is 0 Å². The standard InChI is InChI=1S/C49H57N5O6Si/c1-49(2,3)61(4,5)60-44(37-18-20-42(55)47-38(37)19-22-45(56)52-47)30-50-29-33-16-21-43-39(27-33)51-46(59-43)14-10-9-11-32-15-17-36(34-12-7-6-8-13-34)40(28-32)54(48(57)58)41-31-53-25-23-35(41)24-26-53/h6-9,11-13,15-22,27-28,35,41,44,50,55H,10,14,23-26,29-31H2,1-5H3,(H,52,56)(H,57,58)/t41-,44-/m0/s1. The van der Waals surface area contributed by atoms with Crippen molar-refractivity contribution >= 4 is 48.2 Å². The van der Waals surface area contributed by atoms with Gasteiger partial charge in [0.05, 0.1) is 23.3 Å². The topological polar surface area (TPSA) is 144 Å². The van der Waals surface area contributed by atoms with Crippen molar-refractivity contribution in [2.45, 2.75) is 83.3 Å². The molecule has 2 atom stereocenters.